The van der Waals surface area contributed by atoms with E-state index in [1.807, 2.05) is 60.7 Å². The van der Waals surface area contributed by atoms with Gasteiger partial charge in [0.15, 0.2) is 23.0 Å². The van der Waals surface area contributed by atoms with Gasteiger partial charge in [0.1, 0.15) is 5.82 Å². The normalized spacial score (nSPS) is 15.6. The van der Waals surface area contributed by atoms with E-state index in [-0.39, 0.29) is 18.6 Å². The highest BCUT2D eigenvalue weighted by molar-refractivity contribution is 5.79. The molecule has 9 nitrogen and oxygen atoms in total. The van der Waals surface area contributed by atoms with Crippen molar-refractivity contribution in [3.8, 4) is 22.9 Å². The molecule has 172 valence electrons. The van der Waals surface area contributed by atoms with E-state index in [0.717, 1.165) is 60.2 Å². The van der Waals surface area contributed by atoms with Gasteiger partial charge in [-0.3, -0.25) is 4.79 Å². The number of carbonyl (C=O) groups is 1. The van der Waals surface area contributed by atoms with Crippen molar-refractivity contribution in [1.29, 1.82) is 0 Å². The molecule has 9 heteroatoms. The first-order valence-electron chi connectivity index (χ1n) is 11.4. The second-order valence-corrected chi connectivity index (χ2v) is 8.52. The predicted molar refractivity (Wildman–Crippen MR) is 126 cm³/mol. The number of nitrogens with zero attached hydrogens (tertiary/aromatic N) is 5. The van der Waals surface area contributed by atoms with Crippen LogP contribution in [0.4, 0.5) is 5.82 Å². The lowest BCUT2D eigenvalue weighted by atomic mass is 9.96. The third-order valence-corrected chi connectivity index (χ3v) is 6.37. The van der Waals surface area contributed by atoms with Crippen LogP contribution in [0.5, 0.6) is 11.5 Å². The van der Waals surface area contributed by atoms with Gasteiger partial charge in [-0.2, -0.15) is 4.52 Å². The van der Waals surface area contributed by atoms with Crippen molar-refractivity contribution in [2.24, 2.45) is 5.92 Å². The fraction of sp³-hybridized carbons (Fsp3) is 0.280. The lowest BCUT2D eigenvalue weighted by molar-refractivity contribution is -0.125. The first-order chi connectivity index (χ1) is 16.7. The fourth-order valence-electron chi connectivity index (χ4n) is 4.47. The topological polar surface area (TPSA) is 93.9 Å². The number of hydrogen-bond donors (Lipinski definition) is 1. The number of amides is 1. The summed E-state index contributed by atoms with van der Waals surface area (Å²) in [6.45, 7) is 2.26. The largest absolute Gasteiger partial charge is 0.454 e. The maximum atomic E-state index is 12.8. The van der Waals surface area contributed by atoms with E-state index in [9.17, 15) is 4.79 Å². The summed E-state index contributed by atoms with van der Waals surface area (Å²) < 4.78 is 12.5. The van der Waals surface area contributed by atoms with Crippen LogP contribution in [0.1, 0.15) is 18.4 Å². The Kier molecular flexibility index (Phi) is 5.21. The zero-order valence-electron chi connectivity index (χ0n) is 18.6. The SMILES string of the molecule is O=C(NCc1ccc2c(c1)OCO2)C1CCN(c2ccc3nnc(-c4ccccc4)n3n2)CC1. The average Bonchev–Trinajstić information content (AvgIpc) is 3.54. The smallest absolute Gasteiger partial charge is 0.231 e. The van der Waals surface area contributed by atoms with Crippen LogP contribution in [0.3, 0.4) is 0 Å². The lowest BCUT2D eigenvalue weighted by Crippen LogP contribution is -2.40. The minimum atomic E-state index is -0.0104. The van der Waals surface area contributed by atoms with Gasteiger partial charge in [0, 0.05) is 31.1 Å². The summed E-state index contributed by atoms with van der Waals surface area (Å²) >= 11 is 0. The molecule has 0 atom stereocenters. The summed E-state index contributed by atoms with van der Waals surface area (Å²) in [6.07, 6.45) is 1.56. The third kappa shape index (κ3) is 3.89. The Hall–Kier alpha value is -4.14. The van der Waals surface area contributed by atoms with Gasteiger partial charge in [0.2, 0.25) is 12.7 Å². The van der Waals surface area contributed by atoms with Crippen LogP contribution in [-0.2, 0) is 11.3 Å². The van der Waals surface area contributed by atoms with Crippen LogP contribution in [0, 0.1) is 5.92 Å². The minimum Gasteiger partial charge on any atom is -0.454 e. The quantitative estimate of drug-likeness (QED) is 0.493. The maximum absolute atomic E-state index is 12.8. The van der Waals surface area contributed by atoms with Crippen LogP contribution in [0.25, 0.3) is 17.0 Å². The van der Waals surface area contributed by atoms with Crippen LogP contribution in [0.2, 0.25) is 0 Å². The molecular formula is C25H24N6O3. The van der Waals surface area contributed by atoms with Crippen LogP contribution < -0.4 is 19.7 Å². The second kappa shape index (κ2) is 8.66. The summed E-state index contributed by atoms with van der Waals surface area (Å²) in [7, 11) is 0. The highest BCUT2D eigenvalue weighted by atomic mass is 16.7. The molecule has 2 aromatic carbocycles. The Morgan fingerprint density at radius 3 is 2.65 bits per heavy atom. The molecule has 0 saturated carbocycles. The van der Waals surface area contributed by atoms with E-state index in [0.29, 0.717) is 12.2 Å². The third-order valence-electron chi connectivity index (χ3n) is 6.37. The molecule has 6 rings (SSSR count). The minimum absolute atomic E-state index is 0.0104. The Balaban J connectivity index is 1.09. The molecule has 1 saturated heterocycles. The van der Waals surface area contributed by atoms with E-state index in [4.69, 9.17) is 14.6 Å². The molecule has 2 aliphatic rings. The van der Waals surface area contributed by atoms with Gasteiger partial charge in [-0.05, 0) is 42.7 Å². The van der Waals surface area contributed by atoms with E-state index in [1.165, 1.54) is 0 Å². The van der Waals surface area contributed by atoms with Crippen molar-refractivity contribution in [3.63, 3.8) is 0 Å². The van der Waals surface area contributed by atoms with Crippen molar-refractivity contribution < 1.29 is 14.3 Å². The molecule has 0 aliphatic carbocycles. The number of aromatic nitrogens is 4. The lowest BCUT2D eigenvalue weighted by Gasteiger charge is -2.32. The molecule has 0 bridgehead atoms. The summed E-state index contributed by atoms with van der Waals surface area (Å²) in [6, 6.07) is 19.6. The number of piperidine rings is 1. The van der Waals surface area contributed by atoms with Gasteiger partial charge in [-0.15, -0.1) is 15.3 Å². The highest BCUT2D eigenvalue weighted by Gasteiger charge is 2.26. The van der Waals surface area contributed by atoms with E-state index < -0.39 is 0 Å². The Labute approximate surface area is 196 Å². The van der Waals surface area contributed by atoms with Gasteiger partial charge in [0.25, 0.3) is 0 Å². The summed E-state index contributed by atoms with van der Waals surface area (Å²) in [4.78, 5) is 15.0. The number of carbonyl (C=O) groups excluding carboxylic acids is 1. The van der Waals surface area contributed by atoms with E-state index in [1.54, 1.807) is 4.52 Å². The number of hydrogen-bond acceptors (Lipinski definition) is 7. The predicted octanol–water partition coefficient (Wildman–Crippen LogP) is 3.05. The van der Waals surface area contributed by atoms with Crippen LogP contribution in [0.15, 0.2) is 60.7 Å². The Morgan fingerprint density at radius 2 is 1.79 bits per heavy atom. The van der Waals surface area contributed by atoms with Gasteiger partial charge in [-0.1, -0.05) is 36.4 Å². The van der Waals surface area contributed by atoms with Crippen molar-refractivity contribution in [2.45, 2.75) is 19.4 Å². The van der Waals surface area contributed by atoms with Gasteiger partial charge < -0.3 is 19.7 Å². The number of benzene rings is 2. The first-order valence-corrected chi connectivity index (χ1v) is 11.4. The molecule has 34 heavy (non-hydrogen) atoms. The monoisotopic (exact) mass is 456 g/mol. The van der Waals surface area contributed by atoms with Crippen molar-refractivity contribution in [3.05, 3.63) is 66.2 Å². The Morgan fingerprint density at radius 1 is 0.971 bits per heavy atom. The van der Waals surface area contributed by atoms with Gasteiger partial charge in [0.05, 0.1) is 0 Å². The van der Waals surface area contributed by atoms with Gasteiger partial charge in [-0.25, -0.2) is 0 Å². The fourth-order valence-corrected chi connectivity index (χ4v) is 4.47. The average molecular weight is 457 g/mol. The molecule has 4 aromatic rings. The zero-order chi connectivity index (χ0) is 22.9. The summed E-state index contributed by atoms with van der Waals surface area (Å²) in [5.74, 6) is 3.14. The van der Waals surface area contributed by atoms with E-state index in [2.05, 4.69) is 20.4 Å². The molecular weight excluding hydrogens is 432 g/mol. The molecule has 4 heterocycles. The van der Waals surface area contributed by atoms with Crippen molar-refractivity contribution in [2.75, 3.05) is 24.8 Å². The molecule has 1 amide bonds. The highest BCUT2D eigenvalue weighted by Crippen LogP contribution is 2.32. The molecule has 0 unspecified atom stereocenters. The Bertz CT molecular complexity index is 1330. The number of ether oxygens (including phenoxy) is 2. The number of fused-ring (bicyclic) bond motifs is 2. The molecule has 0 radical (unpaired) electrons. The van der Waals surface area contributed by atoms with Crippen molar-refractivity contribution in [1.82, 2.24) is 25.1 Å². The zero-order valence-corrected chi connectivity index (χ0v) is 18.6. The number of anilines is 1. The van der Waals surface area contributed by atoms with E-state index >= 15 is 0 Å². The summed E-state index contributed by atoms with van der Waals surface area (Å²) in [5.41, 5.74) is 2.67. The number of nitrogens with one attached hydrogen (secondary N) is 1. The second-order valence-electron chi connectivity index (χ2n) is 8.52. The molecule has 0 spiro atoms. The number of rotatable bonds is 5. The molecule has 1 N–H and O–H groups in total. The van der Waals surface area contributed by atoms with Crippen molar-refractivity contribution >= 4 is 17.4 Å². The van der Waals surface area contributed by atoms with Crippen LogP contribution in [-0.4, -0.2) is 45.6 Å². The summed E-state index contributed by atoms with van der Waals surface area (Å²) in [5, 5.41) is 16.4. The van der Waals surface area contributed by atoms with Gasteiger partial charge >= 0.3 is 0 Å². The standard InChI is InChI=1S/C25H24N6O3/c32-25(26-15-17-6-7-20-21(14-17)34-16-33-20)19-10-12-30(13-11-19)23-9-8-22-27-28-24(31(22)29-23)18-4-2-1-3-5-18/h1-9,14,19H,10-13,15-16H2,(H,26,32). The molecule has 2 aromatic heterocycles. The maximum Gasteiger partial charge on any atom is 0.231 e. The van der Waals surface area contributed by atoms with Crippen LogP contribution >= 0.6 is 0 Å². The molecule has 1 fully saturated rings. The molecule has 2 aliphatic heterocycles. The first kappa shape index (κ1) is 20.5.